The lowest BCUT2D eigenvalue weighted by molar-refractivity contribution is -0.383. The van der Waals surface area contributed by atoms with Gasteiger partial charge in [0.15, 0.2) is 0 Å². The topological polar surface area (TPSA) is 107 Å². The fourth-order valence-corrected chi connectivity index (χ4v) is 2.36. The van der Waals surface area contributed by atoms with E-state index in [4.69, 9.17) is 11.5 Å². The van der Waals surface area contributed by atoms with Crippen LogP contribution in [-0.4, -0.2) is 17.0 Å². The van der Waals surface area contributed by atoms with Crippen molar-refractivity contribution in [2.75, 3.05) is 11.1 Å². The number of rotatable bonds is 3. The Hall–Kier alpha value is -1.82. The van der Waals surface area contributed by atoms with Gasteiger partial charge in [-0.05, 0) is 25.0 Å². The summed E-state index contributed by atoms with van der Waals surface area (Å²) >= 11 is 0. The monoisotopic (exact) mass is 250 g/mol. The molecule has 6 heteroatoms. The van der Waals surface area contributed by atoms with Crippen molar-refractivity contribution in [3.63, 3.8) is 0 Å². The largest absolute Gasteiger partial charge is 0.393 e. The van der Waals surface area contributed by atoms with Gasteiger partial charge in [0.1, 0.15) is 5.69 Å². The Balaban J connectivity index is 2.10. The number of nitrogens with two attached hydrogens (primary N) is 2. The first kappa shape index (κ1) is 12.6. The summed E-state index contributed by atoms with van der Waals surface area (Å²) in [5, 5.41) is 14.0. The molecule has 0 spiro atoms. The minimum absolute atomic E-state index is 0.0616. The van der Waals surface area contributed by atoms with Gasteiger partial charge in [0.05, 0.1) is 4.92 Å². The van der Waals surface area contributed by atoms with Crippen LogP contribution in [0.5, 0.6) is 0 Å². The van der Waals surface area contributed by atoms with Gasteiger partial charge in [-0.1, -0.05) is 12.8 Å². The van der Waals surface area contributed by atoms with E-state index < -0.39 is 4.92 Å². The number of nitrogen functional groups attached to an aromatic ring is 1. The molecule has 0 bridgehead atoms. The third-order valence-electron chi connectivity index (χ3n) is 3.40. The fraction of sp³-hybridized carbons (Fsp3) is 0.500. The van der Waals surface area contributed by atoms with Crippen LogP contribution >= 0.6 is 0 Å². The van der Waals surface area contributed by atoms with Gasteiger partial charge < -0.3 is 16.8 Å². The third-order valence-corrected chi connectivity index (χ3v) is 3.40. The predicted molar refractivity (Wildman–Crippen MR) is 71.4 cm³/mol. The summed E-state index contributed by atoms with van der Waals surface area (Å²) in [5.74, 6) is 0. The Bertz CT molecular complexity index is 450. The summed E-state index contributed by atoms with van der Waals surface area (Å²) in [7, 11) is 0. The Labute approximate surface area is 105 Å². The quantitative estimate of drug-likeness (QED) is 0.431. The maximum atomic E-state index is 10.7. The lowest BCUT2D eigenvalue weighted by Crippen LogP contribution is -2.42. The van der Waals surface area contributed by atoms with Crippen molar-refractivity contribution in [1.82, 2.24) is 0 Å². The van der Waals surface area contributed by atoms with Gasteiger partial charge in [-0.25, -0.2) is 0 Å². The molecule has 0 amide bonds. The Morgan fingerprint density at radius 3 is 2.67 bits per heavy atom. The summed E-state index contributed by atoms with van der Waals surface area (Å²) in [6.45, 7) is 0. The zero-order chi connectivity index (χ0) is 13.1. The second-order valence-electron chi connectivity index (χ2n) is 4.73. The molecule has 0 radical (unpaired) electrons. The van der Waals surface area contributed by atoms with Crippen molar-refractivity contribution in [2.45, 2.75) is 37.8 Å². The molecule has 2 rings (SSSR count). The van der Waals surface area contributed by atoms with Gasteiger partial charge >= 0.3 is 0 Å². The molecule has 1 saturated carbocycles. The van der Waals surface area contributed by atoms with E-state index in [1.54, 1.807) is 12.1 Å². The summed E-state index contributed by atoms with van der Waals surface area (Å²) in [5.41, 5.74) is 12.6. The standard InChI is InChI=1S/C12H18N4O2/c13-9-3-1-2-4-11(9)15-8-5-6-12(16(17)18)10(14)7-8/h5-7,9,11,15H,1-4,13-14H2. The molecule has 0 aliphatic heterocycles. The van der Waals surface area contributed by atoms with E-state index in [0.717, 1.165) is 24.9 Å². The Morgan fingerprint density at radius 2 is 2.06 bits per heavy atom. The first-order chi connectivity index (χ1) is 8.58. The zero-order valence-electron chi connectivity index (χ0n) is 10.1. The Kier molecular flexibility index (Phi) is 3.66. The zero-order valence-corrected chi connectivity index (χ0v) is 10.1. The summed E-state index contributed by atoms with van der Waals surface area (Å²) in [6.07, 6.45) is 4.37. The van der Waals surface area contributed by atoms with Crippen LogP contribution in [-0.2, 0) is 0 Å². The van der Waals surface area contributed by atoms with Gasteiger partial charge in [-0.2, -0.15) is 0 Å². The molecule has 2 atom stereocenters. The summed E-state index contributed by atoms with van der Waals surface area (Å²) in [6, 6.07) is 5.05. The van der Waals surface area contributed by atoms with E-state index in [0.29, 0.717) is 0 Å². The number of nitrogens with zero attached hydrogens (tertiary/aromatic N) is 1. The average molecular weight is 250 g/mol. The number of hydrogen-bond donors (Lipinski definition) is 3. The maximum absolute atomic E-state index is 10.7. The molecule has 2 unspecified atom stereocenters. The first-order valence-electron chi connectivity index (χ1n) is 6.14. The van der Waals surface area contributed by atoms with Crippen LogP contribution in [0.1, 0.15) is 25.7 Å². The molecule has 1 aromatic rings. The second-order valence-corrected chi connectivity index (χ2v) is 4.73. The van der Waals surface area contributed by atoms with E-state index in [1.807, 2.05) is 0 Å². The van der Waals surface area contributed by atoms with E-state index in [9.17, 15) is 10.1 Å². The molecule has 0 aromatic heterocycles. The molecule has 0 saturated heterocycles. The van der Waals surface area contributed by atoms with Crippen LogP contribution in [0.4, 0.5) is 17.1 Å². The normalized spacial score (nSPS) is 23.6. The van der Waals surface area contributed by atoms with Gasteiger partial charge in [0, 0.05) is 23.8 Å². The van der Waals surface area contributed by atoms with Crippen molar-refractivity contribution >= 4 is 17.1 Å². The minimum atomic E-state index is -0.481. The highest BCUT2D eigenvalue weighted by molar-refractivity contribution is 5.66. The number of hydrogen-bond acceptors (Lipinski definition) is 5. The van der Waals surface area contributed by atoms with Gasteiger partial charge in [0.2, 0.25) is 0 Å². The number of nitro groups is 1. The number of nitro benzene ring substituents is 1. The molecule has 1 aromatic carbocycles. The van der Waals surface area contributed by atoms with Crippen molar-refractivity contribution in [2.24, 2.45) is 5.73 Å². The molecular formula is C12H18N4O2. The second kappa shape index (κ2) is 5.22. The molecule has 1 fully saturated rings. The molecule has 0 heterocycles. The van der Waals surface area contributed by atoms with Crippen LogP contribution in [0.3, 0.4) is 0 Å². The average Bonchev–Trinajstić information content (AvgIpc) is 2.32. The van der Waals surface area contributed by atoms with Crippen LogP contribution in [0.2, 0.25) is 0 Å². The van der Waals surface area contributed by atoms with Crippen LogP contribution in [0.15, 0.2) is 18.2 Å². The van der Waals surface area contributed by atoms with Gasteiger partial charge in [-0.3, -0.25) is 10.1 Å². The van der Waals surface area contributed by atoms with Crippen molar-refractivity contribution in [3.05, 3.63) is 28.3 Å². The lowest BCUT2D eigenvalue weighted by atomic mass is 9.91. The fourth-order valence-electron chi connectivity index (χ4n) is 2.36. The summed E-state index contributed by atoms with van der Waals surface area (Å²) < 4.78 is 0. The molecule has 6 nitrogen and oxygen atoms in total. The van der Waals surface area contributed by atoms with Gasteiger partial charge in [-0.15, -0.1) is 0 Å². The van der Waals surface area contributed by atoms with Gasteiger partial charge in [0.25, 0.3) is 5.69 Å². The van der Waals surface area contributed by atoms with Crippen LogP contribution in [0, 0.1) is 10.1 Å². The smallest absolute Gasteiger partial charge is 0.292 e. The Morgan fingerprint density at radius 1 is 1.33 bits per heavy atom. The molecular weight excluding hydrogens is 232 g/mol. The van der Waals surface area contributed by atoms with Crippen LogP contribution in [0.25, 0.3) is 0 Å². The van der Waals surface area contributed by atoms with Crippen molar-refractivity contribution in [3.8, 4) is 0 Å². The van der Waals surface area contributed by atoms with E-state index in [2.05, 4.69) is 5.32 Å². The maximum Gasteiger partial charge on any atom is 0.292 e. The third kappa shape index (κ3) is 2.70. The van der Waals surface area contributed by atoms with Crippen molar-refractivity contribution in [1.29, 1.82) is 0 Å². The lowest BCUT2D eigenvalue weighted by Gasteiger charge is -2.30. The molecule has 98 valence electrons. The molecule has 18 heavy (non-hydrogen) atoms. The van der Waals surface area contributed by atoms with Crippen LogP contribution < -0.4 is 16.8 Å². The highest BCUT2D eigenvalue weighted by Crippen LogP contribution is 2.27. The SMILES string of the molecule is Nc1cc(NC2CCCCC2N)ccc1[N+](=O)[O-]. The van der Waals surface area contributed by atoms with E-state index in [-0.39, 0.29) is 23.5 Å². The molecule has 1 aliphatic carbocycles. The highest BCUT2D eigenvalue weighted by atomic mass is 16.6. The number of benzene rings is 1. The number of nitrogens with one attached hydrogen (secondary N) is 1. The first-order valence-corrected chi connectivity index (χ1v) is 6.14. The number of anilines is 2. The van der Waals surface area contributed by atoms with E-state index in [1.165, 1.54) is 12.5 Å². The van der Waals surface area contributed by atoms with Crippen molar-refractivity contribution < 1.29 is 4.92 Å². The predicted octanol–water partition coefficient (Wildman–Crippen LogP) is 1.86. The molecule has 1 aliphatic rings. The summed E-state index contributed by atoms with van der Waals surface area (Å²) in [4.78, 5) is 10.2. The van der Waals surface area contributed by atoms with E-state index >= 15 is 0 Å². The molecule has 5 N–H and O–H groups in total. The highest BCUT2D eigenvalue weighted by Gasteiger charge is 2.22. The minimum Gasteiger partial charge on any atom is -0.393 e.